The molecule has 0 saturated carbocycles. The van der Waals surface area contributed by atoms with Crippen LogP contribution in [-0.4, -0.2) is 73.8 Å². The lowest BCUT2D eigenvalue weighted by molar-refractivity contribution is -0.137. The van der Waals surface area contributed by atoms with Crippen molar-refractivity contribution >= 4 is 49.9 Å². The summed E-state index contributed by atoms with van der Waals surface area (Å²) in [6.45, 7) is 1.84. The molecule has 220 valence electrons. The smallest absolute Gasteiger partial charge is 0.282 e. The second kappa shape index (κ2) is 12.3. The number of carbonyl (C=O) groups is 1. The Kier molecular flexibility index (Phi) is 8.12. The fourth-order valence-electron chi connectivity index (χ4n) is 4.79. The van der Waals surface area contributed by atoms with E-state index in [-0.39, 0.29) is 29.6 Å². The molecule has 1 saturated heterocycles. The van der Waals surface area contributed by atoms with E-state index in [0.29, 0.717) is 65.6 Å². The number of benzene rings is 3. The molecule has 0 spiro atoms. The van der Waals surface area contributed by atoms with E-state index in [1.807, 2.05) is 30.3 Å². The molecule has 1 aliphatic rings. The van der Waals surface area contributed by atoms with Crippen molar-refractivity contribution in [3.8, 4) is 28.8 Å². The zero-order valence-electron chi connectivity index (χ0n) is 23.4. The van der Waals surface area contributed by atoms with E-state index in [1.165, 1.54) is 25.1 Å². The third-order valence-electron chi connectivity index (χ3n) is 6.96. The lowest BCUT2D eigenvalue weighted by Crippen LogP contribution is -2.43. The zero-order chi connectivity index (χ0) is 29.9. The summed E-state index contributed by atoms with van der Waals surface area (Å²) < 4.78 is 30.5. The molecule has 12 heteroatoms. The van der Waals surface area contributed by atoms with Gasteiger partial charge in [0.15, 0.2) is 23.9 Å². The Balaban J connectivity index is 1.37. The summed E-state index contributed by atoms with van der Waals surface area (Å²) in [5.74, 6) is 1.42. The van der Waals surface area contributed by atoms with Gasteiger partial charge in [-0.15, -0.1) is 0 Å². The molecule has 0 radical (unpaired) electrons. The number of hydrogen-bond donors (Lipinski definition) is 0. The Hall–Kier alpha value is -4.68. The Bertz CT molecular complexity index is 1890. The third-order valence-corrected chi connectivity index (χ3v) is 7.45. The summed E-state index contributed by atoms with van der Waals surface area (Å²) in [5, 5.41) is 5.78. The van der Waals surface area contributed by atoms with Gasteiger partial charge in [-0.05, 0) is 48.5 Å². The molecule has 1 amide bonds. The summed E-state index contributed by atoms with van der Waals surface area (Å²) >= 11 is 3.48. The van der Waals surface area contributed by atoms with Gasteiger partial charge in [0.25, 0.3) is 11.5 Å². The largest absolute Gasteiger partial charge is 0.493 e. The van der Waals surface area contributed by atoms with Crippen LogP contribution in [0.1, 0.15) is 5.56 Å². The predicted molar refractivity (Wildman–Crippen MR) is 164 cm³/mol. The van der Waals surface area contributed by atoms with Gasteiger partial charge in [-0.1, -0.05) is 28.1 Å². The molecule has 0 unspecified atom stereocenters. The zero-order valence-corrected chi connectivity index (χ0v) is 25.0. The van der Waals surface area contributed by atoms with Crippen LogP contribution in [0.15, 0.2) is 79.4 Å². The van der Waals surface area contributed by atoms with Crippen LogP contribution in [0.4, 0.5) is 0 Å². The molecule has 0 aliphatic carbocycles. The molecule has 2 aromatic heterocycles. The van der Waals surface area contributed by atoms with Crippen LogP contribution in [0.2, 0.25) is 0 Å². The number of carbonyl (C=O) groups excluding carboxylic acids is 1. The van der Waals surface area contributed by atoms with E-state index in [4.69, 9.17) is 28.3 Å². The van der Waals surface area contributed by atoms with Crippen LogP contribution >= 0.6 is 15.9 Å². The number of ether oxygens (including phenoxy) is 4. The summed E-state index contributed by atoms with van der Waals surface area (Å²) in [5.41, 5.74) is 1.36. The summed E-state index contributed by atoms with van der Waals surface area (Å²) in [4.78, 5) is 32.7. The minimum absolute atomic E-state index is 0.160. The van der Waals surface area contributed by atoms with Crippen molar-refractivity contribution in [2.75, 3.05) is 47.1 Å². The van der Waals surface area contributed by atoms with Crippen molar-refractivity contribution in [1.82, 2.24) is 14.6 Å². The number of methoxy groups -OCH3 is 2. The van der Waals surface area contributed by atoms with Gasteiger partial charge in [-0.2, -0.15) is 9.78 Å². The monoisotopic (exact) mass is 646 g/mol. The molecule has 6 rings (SSSR count). The molecular weight excluding hydrogens is 620 g/mol. The molecule has 3 heterocycles. The van der Waals surface area contributed by atoms with Crippen LogP contribution < -0.4 is 19.8 Å². The maximum atomic E-state index is 13.6. The first-order valence-corrected chi connectivity index (χ1v) is 14.2. The number of furan rings is 1. The molecule has 11 nitrogen and oxygen atoms in total. The summed E-state index contributed by atoms with van der Waals surface area (Å²) in [7, 11) is 2.98. The SMILES string of the molecule is COc1cc(C=Nn2c(-c3cc4cc(Br)ccc4o3)nc3ccccc3c2=O)cc(OC)c1OCC(=O)N1CCOCC1. The van der Waals surface area contributed by atoms with Gasteiger partial charge in [-0.25, -0.2) is 4.98 Å². The molecule has 0 bridgehead atoms. The highest BCUT2D eigenvalue weighted by molar-refractivity contribution is 9.10. The molecular formula is C31H27BrN4O7. The van der Waals surface area contributed by atoms with E-state index in [0.717, 1.165) is 9.86 Å². The highest BCUT2D eigenvalue weighted by Crippen LogP contribution is 2.38. The second-order valence-electron chi connectivity index (χ2n) is 9.64. The van der Waals surface area contributed by atoms with Crippen molar-refractivity contribution in [2.24, 2.45) is 5.10 Å². The topological polar surface area (TPSA) is 118 Å². The minimum Gasteiger partial charge on any atom is -0.493 e. The van der Waals surface area contributed by atoms with Gasteiger partial charge >= 0.3 is 0 Å². The number of halogens is 1. The fourth-order valence-corrected chi connectivity index (χ4v) is 5.17. The summed E-state index contributed by atoms with van der Waals surface area (Å²) in [6.07, 6.45) is 1.49. The minimum atomic E-state index is -0.362. The number of aromatic nitrogens is 2. The van der Waals surface area contributed by atoms with Gasteiger partial charge in [0.1, 0.15) is 5.58 Å². The number of hydrogen-bond acceptors (Lipinski definition) is 9. The highest BCUT2D eigenvalue weighted by Gasteiger charge is 2.21. The van der Waals surface area contributed by atoms with E-state index in [2.05, 4.69) is 21.0 Å². The average molecular weight is 647 g/mol. The Morgan fingerprint density at radius 1 is 1.05 bits per heavy atom. The van der Waals surface area contributed by atoms with Crippen molar-refractivity contribution < 1.29 is 28.2 Å². The average Bonchev–Trinajstić information content (AvgIpc) is 3.46. The molecule has 0 N–H and O–H groups in total. The maximum Gasteiger partial charge on any atom is 0.282 e. The normalized spacial score (nSPS) is 13.6. The van der Waals surface area contributed by atoms with Gasteiger partial charge in [0.05, 0.1) is 44.6 Å². The lowest BCUT2D eigenvalue weighted by Gasteiger charge is -2.27. The lowest BCUT2D eigenvalue weighted by atomic mass is 10.2. The maximum absolute atomic E-state index is 13.6. The predicted octanol–water partition coefficient (Wildman–Crippen LogP) is 4.71. The number of nitrogens with zero attached hydrogens (tertiary/aromatic N) is 4. The second-order valence-corrected chi connectivity index (χ2v) is 10.6. The van der Waals surface area contributed by atoms with E-state index >= 15 is 0 Å². The van der Waals surface area contributed by atoms with Crippen LogP contribution in [0, 0.1) is 0 Å². The number of amides is 1. The molecule has 5 aromatic rings. The first-order valence-electron chi connectivity index (χ1n) is 13.4. The molecule has 1 fully saturated rings. The van der Waals surface area contributed by atoms with Gasteiger partial charge in [0.2, 0.25) is 11.6 Å². The van der Waals surface area contributed by atoms with Crippen LogP contribution in [-0.2, 0) is 9.53 Å². The Morgan fingerprint density at radius 3 is 2.53 bits per heavy atom. The fraction of sp³-hybridized carbons (Fsp3) is 0.226. The molecule has 0 atom stereocenters. The number of rotatable bonds is 8. The quantitative estimate of drug-likeness (QED) is 0.223. The van der Waals surface area contributed by atoms with E-state index < -0.39 is 0 Å². The van der Waals surface area contributed by atoms with E-state index in [1.54, 1.807) is 35.2 Å². The van der Waals surface area contributed by atoms with Crippen LogP contribution in [0.25, 0.3) is 33.5 Å². The Labute approximate surface area is 254 Å². The number of fused-ring (bicyclic) bond motifs is 2. The number of morpholine rings is 1. The Morgan fingerprint density at radius 2 is 1.79 bits per heavy atom. The molecule has 1 aliphatic heterocycles. The molecule has 43 heavy (non-hydrogen) atoms. The van der Waals surface area contributed by atoms with Gasteiger partial charge in [0, 0.05) is 28.5 Å². The van der Waals surface area contributed by atoms with Crippen LogP contribution in [0.3, 0.4) is 0 Å². The highest BCUT2D eigenvalue weighted by atomic mass is 79.9. The van der Waals surface area contributed by atoms with Gasteiger partial charge < -0.3 is 28.3 Å². The van der Waals surface area contributed by atoms with Gasteiger partial charge in [-0.3, -0.25) is 9.59 Å². The van der Waals surface area contributed by atoms with E-state index in [9.17, 15) is 9.59 Å². The third kappa shape index (κ3) is 5.84. The van der Waals surface area contributed by atoms with Crippen molar-refractivity contribution in [1.29, 1.82) is 0 Å². The number of para-hydroxylation sites is 1. The van der Waals surface area contributed by atoms with Crippen LogP contribution in [0.5, 0.6) is 17.2 Å². The summed E-state index contributed by atoms with van der Waals surface area (Å²) in [6, 6.07) is 17.9. The van der Waals surface area contributed by atoms with Crippen molar-refractivity contribution in [3.63, 3.8) is 0 Å². The standard InChI is InChI=1S/C31H27BrN4O7/c1-39-25-13-19(14-26(40-2)29(25)42-18-28(37)35-9-11-41-12-10-35)17-33-36-30(34-23-6-4-3-5-22(23)31(36)38)27-16-20-15-21(32)7-8-24(20)43-27/h3-8,13-17H,9-12,18H2,1-2H3. The first kappa shape index (κ1) is 28.4. The van der Waals surface area contributed by atoms with Crippen molar-refractivity contribution in [3.05, 3.63) is 81.1 Å². The first-order chi connectivity index (χ1) is 20.9. The van der Waals surface area contributed by atoms with Crippen molar-refractivity contribution in [2.45, 2.75) is 0 Å². The molecule has 3 aromatic carbocycles.